The van der Waals surface area contributed by atoms with Gasteiger partial charge < -0.3 is 15.0 Å². The lowest BCUT2D eigenvalue weighted by Gasteiger charge is -2.64. The molecule has 5 heteroatoms. The van der Waals surface area contributed by atoms with Gasteiger partial charge in [-0.3, -0.25) is 4.79 Å². The Kier molecular flexibility index (Phi) is 7.72. The molecule has 0 spiro atoms. The van der Waals surface area contributed by atoms with Crippen LogP contribution in [0.15, 0.2) is 30.3 Å². The van der Waals surface area contributed by atoms with Crippen LogP contribution in [0.25, 0.3) is 0 Å². The molecule has 1 aliphatic heterocycles. The van der Waals surface area contributed by atoms with Crippen LogP contribution >= 0.6 is 0 Å². The van der Waals surface area contributed by atoms with Gasteiger partial charge in [-0.05, 0) is 74.1 Å². The van der Waals surface area contributed by atoms with Gasteiger partial charge in [0.1, 0.15) is 5.78 Å². The second-order valence-electron chi connectivity index (χ2n) is 11.7. The van der Waals surface area contributed by atoms with Gasteiger partial charge in [0.2, 0.25) is 0 Å². The number of hydrogen-bond acceptors (Lipinski definition) is 4. The first kappa shape index (κ1) is 24.9. The molecule has 2 N–H and O–H groups in total. The third kappa shape index (κ3) is 5.11. The van der Waals surface area contributed by atoms with Crippen LogP contribution < -0.4 is 5.73 Å². The molecule has 4 nitrogen and oxygen atoms in total. The van der Waals surface area contributed by atoms with Crippen LogP contribution in [0.4, 0.5) is 0 Å². The smallest absolute Gasteiger partial charge is 0.405 e. The van der Waals surface area contributed by atoms with E-state index >= 15 is 0 Å². The minimum Gasteiger partial charge on any atom is -0.405 e. The molecular weight excluding hydrogens is 409 g/mol. The third-order valence-corrected chi connectivity index (χ3v) is 9.29. The molecule has 4 aliphatic rings. The fraction of sp³-hybridized carbons (Fsp3) is 0.750. The highest BCUT2D eigenvalue weighted by Gasteiger charge is 2.68. The van der Waals surface area contributed by atoms with Crippen molar-refractivity contribution in [3.8, 4) is 0 Å². The third-order valence-electron chi connectivity index (χ3n) is 9.29. The zero-order chi connectivity index (χ0) is 23.6. The van der Waals surface area contributed by atoms with Crippen molar-refractivity contribution in [3.63, 3.8) is 0 Å². The van der Waals surface area contributed by atoms with Gasteiger partial charge in [-0.1, -0.05) is 70.4 Å². The molecule has 5 rings (SSSR count). The van der Waals surface area contributed by atoms with Crippen LogP contribution in [0.5, 0.6) is 0 Å². The molecule has 4 fully saturated rings. The highest BCUT2D eigenvalue weighted by molar-refractivity contribution is 6.47. The summed E-state index contributed by atoms with van der Waals surface area (Å²) in [6.07, 6.45) is 9.93. The zero-order valence-corrected chi connectivity index (χ0v) is 21.2. The van der Waals surface area contributed by atoms with Crippen LogP contribution in [0.3, 0.4) is 0 Å². The maximum atomic E-state index is 12.8. The van der Waals surface area contributed by atoms with Crippen LogP contribution in [0.2, 0.25) is 5.82 Å². The molecule has 0 radical (unpaired) electrons. The van der Waals surface area contributed by atoms with Crippen LogP contribution in [0.1, 0.15) is 91.0 Å². The fourth-order valence-electron chi connectivity index (χ4n) is 6.80. The Morgan fingerprint density at radius 2 is 1.88 bits per heavy atom. The van der Waals surface area contributed by atoms with E-state index in [1.54, 1.807) is 0 Å². The number of aryl methyl sites for hydroxylation is 1. The summed E-state index contributed by atoms with van der Waals surface area (Å²) in [5, 5.41) is 0. The Morgan fingerprint density at radius 1 is 1.12 bits per heavy atom. The summed E-state index contributed by atoms with van der Waals surface area (Å²) in [6.45, 7) is 9.25. The molecule has 3 aliphatic carbocycles. The maximum absolute atomic E-state index is 12.8. The molecule has 6 atom stereocenters. The number of rotatable bonds is 12. The van der Waals surface area contributed by atoms with E-state index in [9.17, 15) is 4.79 Å². The first-order valence-corrected chi connectivity index (χ1v) is 13.4. The predicted octanol–water partition coefficient (Wildman–Crippen LogP) is 5.97. The lowest BCUT2D eigenvalue weighted by molar-refractivity contribution is -0.199. The molecule has 33 heavy (non-hydrogen) atoms. The summed E-state index contributed by atoms with van der Waals surface area (Å²) < 4.78 is 13.4. The highest BCUT2D eigenvalue weighted by Crippen LogP contribution is 2.66. The molecule has 2 bridgehead atoms. The number of hydrogen-bond donors (Lipinski definition) is 1. The number of ketones is 1. The van der Waals surface area contributed by atoms with E-state index in [0.29, 0.717) is 17.8 Å². The van der Waals surface area contributed by atoms with Crippen LogP contribution in [-0.2, 0) is 20.5 Å². The Balaban J connectivity index is 1.40. The molecule has 1 saturated heterocycles. The molecule has 0 aromatic heterocycles. The average molecular weight is 453 g/mol. The minimum absolute atomic E-state index is 0.186. The number of carbonyl (C=O) groups is 1. The molecule has 1 aromatic carbocycles. The molecule has 1 heterocycles. The van der Waals surface area contributed by atoms with Crippen molar-refractivity contribution >= 4 is 12.9 Å². The second-order valence-corrected chi connectivity index (χ2v) is 11.7. The van der Waals surface area contributed by atoms with Crippen LogP contribution in [0, 0.1) is 17.3 Å². The lowest BCUT2D eigenvalue weighted by Crippen LogP contribution is -2.65. The van der Waals surface area contributed by atoms with E-state index in [1.807, 2.05) is 0 Å². The standard InChI is InChI=1S/C28H44BNO3/c1-5-6-8-13-23(30)24(31)17-16-22(15-14-20-11-9-7-10-12-20)29-32-26-19-21-18-25(27(21,2)3)28(26,4)33-29/h7,9-12,21-23,25-26H,5-6,8,13-19,30H2,1-4H3/t21?,22-,23-,25?,26?,28-/m1/s1. The van der Waals surface area contributed by atoms with Crippen LogP contribution in [-0.4, -0.2) is 30.6 Å². The Labute approximate surface area is 201 Å². The largest absolute Gasteiger partial charge is 0.461 e. The molecular formula is C28H44BNO3. The van der Waals surface area contributed by atoms with E-state index in [0.717, 1.165) is 57.3 Å². The van der Waals surface area contributed by atoms with E-state index in [4.69, 9.17) is 15.0 Å². The Morgan fingerprint density at radius 3 is 2.58 bits per heavy atom. The van der Waals surface area contributed by atoms with Gasteiger partial charge >= 0.3 is 7.12 Å². The second kappa shape index (κ2) is 10.2. The quantitative estimate of drug-likeness (QED) is 0.313. The zero-order valence-electron chi connectivity index (χ0n) is 21.2. The number of Topliss-reactive ketones (excluding diaryl/α,β-unsaturated/α-hetero) is 1. The monoisotopic (exact) mass is 453 g/mol. The van der Waals surface area contributed by atoms with Crippen molar-refractivity contribution in [2.45, 2.75) is 115 Å². The lowest BCUT2D eigenvalue weighted by atomic mass is 9.43. The van der Waals surface area contributed by atoms with Gasteiger partial charge in [-0.15, -0.1) is 0 Å². The first-order valence-electron chi connectivity index (χ1n) is 13.4. The van der Waals surface area contributed by atoms with Crippen molar-refractivity contribution in [2.75, 3.05) is 0 Å². The first-order chi connectivity index (χ1) is 15.8. The van der Waals surface area contributed by atoms with Gasteiger partial charge in [0.25, 0.3) is 0 Å². The summed E-state index contributed by atoms with van der Waals surface area (Å²) in [7, 11) is -0.219. The normalized spacial score (nSPS) is 31.5. The predicted molar refractivity (Wildman–Crippen MR) is 135 cm³/mol. The molecule has 3 unspecified atom stereocenters. The van der Waals surface area contributed by atoms with E-state index in [2.05, 4.69) is 58.0 Å². The summed E-state index contributed by atoms with van der Waals surface area (Å²) in [6, 6.07) is 10.3. The summed E-state index contributed by atoms with van der Waals surface area (Å²) in [5.41, 5.74) is 7.69. The van der Waals surface area contributed by atoms with E-state index in [-0.39, 0.29) is 36.5 Å². The summed E-state index contributed by atoms with van der Waals surface area (Å²) in [5.74, 6) is 1.70. The molecule has 0 amide bonds. The van der Waals surface area contributed by atoms with Crippen molar-refractivity contribution < 1.29 is 14.1 Å². The topological polar surface area (TPSA) is 61.6 Å². The molecule has 1 aromatic rings. The SMILES string of the molecule is CCCCC[C@@H](N)C(=O)CC[C@@H](CCc1ccccc1)B1OC2CC3CC(C3(C)C)[C@@]2(C)O1. The van der Waals surface area contributed by atoms with Crippen molar-refractivity contribution in [1.82, 2.24) is 0 Å². The number of carbonyl (C=O) groups excluding carboxylic acids is 1. The molecule has 182 valence electrons. The van der Waals surface area contributed by atoms with Gasteiger partial charge in [0, 0.05) is 6.42 Å². The summed E-state index contributed by atoms with van der Waals surface area (Å²) >= 11 is 0. The Bertz CT molecular complexity index is 800. The Hall–Kier alpha value is -1.17. The van der Waals surface area contributed by atoms with Gasteiger partial charge in [0.05, 0.1) is 17.7 Å². The summed E-state index contributed by atoms with van der Waals surface area (Å²) in [4.78, 5) is 12.8. The minimum atomic E-state index is -0.329. The molecule has 3 saturated carbocycles. The van der Waals surface area contributed by atoms with Crippen molar-refractivity contribution in [3.05, 3.63) is 35.9 Å². The highest BCUT2D eigenvalue weighted by atomic mass is 16.7. The van der Waals surface area contributed by atoms with Gasteiger partial charge in [-0.2, -0.15) is 0 Å². The number of unbranched alkanes of at least 4 members (excludes halogenated alkanes) is 2. The van der Waals surface area contributed by atoms with Gasteiger partial charge in [0.15, 0.2) is 0 Å². The fourth-order valence-corrected chi connectivity index (χ4v) is 6.80. The number of benzene rings is 1. The van der Waals surface area contributed by atoms with Crippen molar-refractivity contribution in [1.29, 1.82) is 0 Å². The van der Waals surface area contributed by atoms with E-state index < -0.39 is 0 Å². The van der Waals surface area contributed by atoms with Crippen molar-refractivity contribution in [2.24, 2.45) is 23.0 Å². The van der Waals surface area contributed by atoms with Gasteiger partial charge in [-0.25, -0.2) is 0 Å². The number of nitrogens with two attached hydrogens (primary N) is 1. The maximum Gasteiger partial charge on any atom is 0.461 e. The average Bonchev–Trinajstić information content (AvgIpc) is 3.16. The van der Waals surface area contributed by atoms with E-state index in [1.165, 1.54) is 12.0 Å².